The average Bonchev–Trinajstić information content (AvgIpc) is 2.82. The van der Waals surface area contributed by atoms with Crippen LogP contribution in [0.5, 0.6) is 5.75 Å². The molecule has 8 heteroatoms. The van der Waals surface area contributed by atoms with E-state index in [1.165, 1.54) is 0 Å². The van der Waals surface area contributed by atoms with Gasteiger partial charge in [0.25, 0.3) is 0 Å². The first-order valence-electron chi connectivity index (χ1n) is 6.20. The van der Waals surface area contributed by atoms with Crippen molar-refractivity contribution >= 4 is 21.8 Å². The van der Waals surface area contributed by atoms with Crippen molar-refractivity contribution in [3.63, 3.8) is 0 Å². The van der Waals surface area contributed by atoms with Crippen molar-refractivity contribution in [2.45, 2.75) is 19.1 Å². The molecule has 0 saturated carbocycles. The molecule has 0 bridgehead atoms. The number of benzene rings is 1. The first kappa shape index (κ1) is 16.1. The fourth-order valence-corrected chi connectivity index (χ4v) is 2.53. The third kappa shape index (κ3) is 4.89. The minimum absolute atomic E-state index is 0.177. The molecule has 1 N–H and O–H groups in total. The Morgan fingerprint density at radius 2 is 2.19 bits per heavy atom. The number of rotatable bonds is 5. The van der Waals surface area contributed by atoms with Gasteiger partial charge in [-0.2, -0.15) is 13.2 Å². The Labute approximate surface area is 127 Å². The SMILES string of the molecule is O=C(COCC(F)(F)F)NCc1cc(Br)cc2c1OCC2. The van der Waals surface area contributed by atoms with Gasteiger partial charge < -0.3 is 14.8 Å². The van der Waals surface area contributed by atoms with Crippen molar-refractivity contribution in [3.8, 4) is 5.75 Å². The zero-order valence-corrected chi connectivity index (χ0v) is 12.5. The van der Waals surface area contributed by atoms with E-state index in [2.05, 4.69) is 26.0 Å². The van der Waals surface area contributed by atoms with Crippen LogP contribution >= 0.6 is 15.9 Å². The summed E-state index contributed by atoms with van der Waals surface area (Å²) in [4.78, 5) is 11.4. The summed E-state index contributed by atoms with van der Waals surface area (Å²) < 4.78 is 46.3. The molecule has 0 aromatic heterocycles. The number of ether oxygens (including phenoxy) is 2. The second-order valence-corrected chi connectivity index (χ2v) is 5.45. The second-order valence-electron chi connectivity index (χ2n) is 4.54. The van der Waals surface area contributed by atoms with E-state index in [0.29, 0.717) is 6.61 Å². The molecule has 0 aliphatic carbocycles. The highest BCUT2D eigenvalue weighted by molar-refractivity contribution is 9.10. The molecule has 0 atom stereocenters. The number of carbonyl (C=O) groups excluding carboxylic acids is 1. The van der Waals surface area contributed by atoms with Gasteiger partial charge in [0.2, 0.25) is 5.91 Å². The standard InChI is InChI=1S/C13H13BrF3NO3/c14-10-3-8-1-2-21-12(8)9(4-10)5-18-11(19)6-20-7-13(15,16)17/h3-4H,1-2,5-7H2,(H,18,19). The summed E-state index contributed by atoms with van der Waals surface area (Å²) in [6, 6.07) is 3.75. The lowest BCUT2D eigenvalue weighted by Gasteiger charge is -2.11. The van der Waals surface area contributed by atoms with E-state index in [9.17, 15) is 18.0 Å². The summed E-state index contributed by atoms with van der Waals surface area (Å²) in [5.41, 5.74) is 1.82. The normalized spacial score (nSPS) is 13.7. The number of amides is 1. The van der Waals surface area contributed by atoms with E-state index in [-0.39, 0.29) is 6.54 Å². The first-order valence-corrected chi connectivity index (χ1v) is 7.00. The largest absolute Gasteiger partial charge is 0.493 e. The van der Waals surface area contributed by atoms with Crippen LogP contribution in [-0.2, 0) is 22.5 Å². The molecule has 4 nitrogen and oxygen atoms in total. The van der Waals surface area contributed by atoms with Gasteiger partial charge in [-0.15, -0.1) is 0 Å². The van der Waals surface area contributed by atoms with Crippen LogP contribution in [0.4, 0.5) is 13.2 Å². The molecule has 1 aromatic rings. The van der Waals surface area contributed by atoms with E-state index in [1.54, 1.807) is 6.07 Å². The van der Waals surface area contributed by atoms with Gasteiger partial charge in [0.15, 0.2) is 0 Å². The lowest BCUT2D eigenvalue weighted by atomic mass is 10.1. The molecule has 0 saturated heterocycles. The van der Waals surface area contributed by atoms with E-state index in [4.69, 9.17) is 4.74 Å². The Morgan fingerprint density at radius 1 is 1.43 bits per heavy atom. The molecule has 116 valence electrons. The predicted octanol–water partition coefficient (Wildman–Crippen LogP) is 2.58. The maximum absolute atomic E-state index is 11.9. The summed E-state index contributed by atoms with van der Waals surface area (Å²) in [5.74, 6) is 0.126. The van der Waals surface area contributed by atoms with Gasteiger partial charge in [0, 0.05) is 23.0 Å². The molecule has 0 fully saturated rings. The first-order chi connectivity index (χ1) is 9.85. The van der Waals surface area contributed by atoms with Crippen molar-refractivity contribution < 1.29 is 27.4 Å². The van der Waals surface area contributed by atoms with Gasteiger partial charge in [0.05, 0.1) is 6.61 Å². The molecule has 1 aliphatic heterocycles. The second kappa shape index (κ2) is 6.65. The van der Waals surface area contributed by atoms with Crippen molar-refractivity contribution in [2.75, 3.05) is 19.8 Å². The molecule has 21 heavy (non-hydrogen) atoms. The molecule has 0 spiro atoms. The third-order valence-corrected chi connectivity index (χ3v) is 3.26. The number of hydrogen-bond acceptors (Lipinski definition) is 3. The number of hydrogen-bond donors (Lipinski definition) is 1. The Kier molecular flexibility index (Phi) is 5.10. The molecule has 1 heterocycles. The number of carbonyl (C=O) groups is 1. The van der Waals surface area contributed by atoms with Crippen LogP contribution in [0.15, 0.2) is 16.6 Å². The Bertz CT molecular complexity index is 534. The van der Waals surface area contributed by atoms with Gasteiger partial charge >= 0.3 is 6.18 Å². The molecule has 1 amide bonds. The highest BCUT2D eigenvalue weighted by atomic mass is 79.9. The number of halogens is 4. The smallest absolute Gasteiger partial charge is 0.411 e. The van der Waals surface area contributed by atoms with Crippen LogP contribution in [0, 0.1) is 0 Å². The van der Waals surface area contributed by atoms with Crippen LogP contribution in [0.1, 0.15) is 11.1 Å². The number of alkyl halides is 3. The van der Waals surface area contributed by atoms with Gasteiger partial charge in [-0.1, -0.05) is 15.9 Å². The van der Waals surface area contributed by atoms with Crippen molar-refractivity contribution in [1.82, 2.24) is 5.32 Å². The van der Waals surface area contributed by atoms with Crippen LogP contribution < -0.4 is 10.1 Å². The van der Waals surface area contributed by atoms with Crippen molar-refractivity contribution in [1.29, 1.82) is 0 Å². The molecular weight excluding hydrogens is 355 g/mol. The summed E-state index contributed by atoms with van der Waals surface area (Å²) >= 11 is 3.37. The van der Waals surface area contributed by atoms with E-state index in [1.807, 2.05) is 6.07 Å². The maximum Gasteiger partial charge on any atom is 0.411 e. The summed E-state index contributed by atoms with van der Waals surface area (Å²) in [7, 11) is 0. The zero-order valence-electron chi connectivity index (χ0n) is 10.9. The lowest BCUT2D eigenvalue weighted by molar-refractivity contribution is -0.175. The van der Waals surface area contributed by atoms with Crippen LogP contribution in [0.3, 0.4) is 0 Å². The minimum Gasteiger partial charge on any atom is -0.493 e. The van der Waals surface area contributed by atoms with Crippen LogP contribution in [-0.4, -0.2) is 31.9 Å². The van der Waals surface area contributed by atoms with Crippen LogP contribution in [0.2, 0.25) is 0 Å². The fraction of sp³-hybridized carbons (Fsp3) is 0.462. The fourth-order valence-electron chi connectivity index (χ4n) is 1.98. The maximum atomic E-state index is 11.9. The predicted molar refractivity (Wildman–Crippen MR) is 72.1 cm³/mol. The summed E-state index contributed by atoms with van der Waals surface area (Å²) in [6.07, 6.45) is -3.64. The highest BCUT2D eigenvalue weighted by Gasteiger charge is 2.27. The molecule has 2 rings (SSSR count). The molecule has 1 aromatic carbocycles. The third-order valence-electron chi connectivity index (χ3n) is 2.80. The Hall–Kier alpha value is -1.28. The van der Waals surface area contributed by atoms with Gasteiger partial charge in [-0.3, -0.25) is 4.79 Å². The van der Waals surface area contributed by atoms with E-state index >= 15 is 0 Å². The molecule has 0 unspecified atom stereocenters. The monoisotopic (exact) mass is 367 g/mol. The Morgan fingerprint density at radius 3 is 2.90 bits per heavy atom. The lowest BCUT2D eigenvalue weighted by Crippen LogP contribution is -2.29. The van der Waals surface area contributed by atoms with Gasteiger partial charge in [-0.25, -0.2) is 0 Å². The van der Waals surface area contributed by atoms with E-state index < -0.39 is 25.3 Å². The zero-order chi connectivity index (χ0) is 15.5. The topological polar surface area (TPSA) is 47.6 Å². The van der Waals surface area contributed by atoms with E-state index in [0.717, 1.165) is 27.8 Å². The molecule has 1 aliphatic rings. The van der Waals surface area contributed by atoms with Crippen molar-refractivity contribution in [3.05, 3.63) is 27.7 Å². The Balaban J connectivity index is 1.85. The minimum atomic E-state index is -4.43. The number of fused-ring (bicyclic) bond motifs is 1. The van der Waals surface area contributed by atoms with Crippen molar-refractivity contribution in [2.24, 2.45) is 0 Å². The molecular formula is C13H13BrF3NO3. The quantitative estimate of drug-likeness (QED) is 0.869. The van der Waals surface area contributed by atoms with Gasteiger partial charge in [0.1, 0.15) is 19.0 Å². The number of nitrogens with one attached hydrogen (secondary N) is 1. The highest BCUT2D eigenvalue weighted by Crippen LogP contribution is 2.32. The summed E-state index contributed by atoms with van der Waals surface area (Å²) in [5, 5.41) is 2.51. The summed E-state index contributed by atoms with van der Waals surface area (Å²) in [6.45, 7) is -1.30. The molecule has 0 radical (unpaired) electrons. The van der Waals surface area contributed by atoms with Crippen LogP contribution in [0.25, 0.3) is 0 Å². The average molecular weight is 368 g/mol. The van der Waals surface area contributed by atoms with Gasteiger partial charge in [-0.05, 0) is 17.7 Å².